The van der Waals surface area contributed by atoms with Crippen LogP contribution in [0.4, 0.5) is 16.2 Å². The van der Waals surface area contributed by atoms with Crippen LogP contribution < -0.4 is 11.1 Å². The molecule has 31 heavy (non-hydrogen) atoms. The Balaban J connectivity index is 2.10. The molecule has 0 radical (unpaired) electrons. The normalized spacial score (nSPS) is 26.0. The molecule has 1 saturated heterocycles. The van der Waals surface area contributed by atoms with Gasteiger partial charge in [-0.15, -0.1) is 0 Å². The molecule has 0 amide bonds. The number of pyridine rings is 1. The molecule has 13 heteroatoms. The number of halogens is 1. The number of fused-ring (bicyclic) bond motifs is 1. The largest absolute Gasteiger partial charge is 0.397 e. The van der Waals surface area contributed by atoms with Crippen molar-refractivity contribution in [3.63, 3.8) is 0 Å². The summed E-state index contributed by atoms with van der Waals surface area (Å²) in [5.41, 5.74) is 4.07. The number of ether oxygens (including phenoxy) is 2. The van der Waals surface area contributed by atoms with Crippen LogP contribution in [0.15, 0.2) is 12.3 Å². The lowest BCUT2D eigenvalue weighted by Crippen LogP contribution is -2.61. The Morgan fingerprint density at radius 3 is 2.45 bits per heavy atom. The second kappa shape index (κ2) is 8.17. The summed E-state index contributed by atoms with van der Waals surface area (Å²) < 4.78 is 23.4. The first-order chi connectivity index (χ1) is 14.5. The van der Waals surface area contributed by atoms with Crippen molar-refractivity contribution < 1.29 is 38.8 Å². The van der Waals surface area contributed by atoms with Crippen molar-refractivity contribution in [2.75, 3.05) is 11.1 Å². The first kappa shape index (κ1) is 22.5. The van der Waals surface area contributed by atoms with E-state index in [2.05, 4.69) is 20.3 Å². The van der Waals surface area contributed by atoms with E-state index in [-0.39, 0.29) is 29.2 Å². The molecule has 1 aliphatic rings. The predicted octanol–water partition coefficient (Wildman–Crippen LogP) is -0.425. The van der Waals surface area contributed by atoms with Crippen LogP contribution in [0.5, 0.6) is 0 Å². The number of cyclic esters (lactones) is 2. The number of nitrogens with two attached hydrogens (primary N) is 1. The maximum Gasteiger partial charge on any atom is 0.397 e. The van der Waals surface area contributed by atoms with E-state index in [0.29, 0.717) is 12.8 Å². The fraction of sp³-hybridized carbons (Fsp3) is 0.500. The molecule has 168 valence electrons. The summed E-state index contributed by atoms with van der Waals surface area (Å²) in [7, 11) is 0. The second-order valence-corrected chi connectivity index (χ2v) is 7.33. The number of anilines is 2. The molecular formula is C18H22FN5O7. The summed E-state index contributed by atoms with van der Waals surface area (Å²) >= 11 is 0. The Kier molecular flexibility index (Phi) is 5.93. The average molecular weight is 439 g/mol. The zero-order chi connectivity index (χ0) is 23.0. The number of hydrogen-bond donors (Lipinski definition) is 5. The van der Waals surface area contributed by atoms with Gasteiger partial charge in [0.25, 0.3) is 0 Å². The van der Waals surface area contributed by atoms with Crippen LogP contribution in [0.3, 0.4) is 0 Å². The van der Waals surface area contributed by atoms with Crippen molar-refractivity contribution in [2.45, 2.75) is 56.8 Å². The molecule has 6 N–H and O–H groups in total. The van der Waals surface area contributed by atoms with Gasteiger partial charge in [-0.3, -0.25) is 0 Å². The lowest BCUT2D eigenvalue weighted by Gasteiger charge is -2.42. The molecule has 3 rings (SSSR count). The fourth-order valence-electron chi connectivity index (χ4n) is 3.09. The SMILES string of the molecule is CCCC[C@@](C)(Nc1nc(N)nc2cc(F)cnc12)C1(O)OC(=O)C(O)C(O)C(=O)O1. The number of aromatic nitrogens is 3. The molecule has 3 atom stereocenters. The molecule has 0 bridgehead atoms. The van der Waals surface area contributed by atoms with Crippen LogP contribution in [0.25, 0.3) is 11.0 Å². The van der Waals surface area contributed by atoms with Crippen LogP contribution in [-0.4, -0.2) is 65.9 Å². The van der Waals surface area contributed by atoms with Crippen molar-refractivity contribution in [1.29, 1.82) is 0 Å². The smallest absolute Gasteiger partial charge is 0.394 e. The first-order valence-corrected chi connectivity index (χ1v) is 9.41. The van der Waals surface area contributed by atoms with E-state index in [1.165, 1.54) is 6.92 Å². The molecule has 0 saturated carbocycles. The predicted molar refractivity (Wildman–Crippen MR) is 102 cm³/mol. The van der Waals surface area contributed by atoms with Gasteiger partial charge in [0.2, 0.25) is 5.95 Å². The van der Waals surface area contributed by atoms with Gasteiger partial charge in [-0.25, -0.2) is 23.9 Å². The van der Waals surface area contributed by atoms with E-state index in [1.54, 1.807) is 0 Å². The number of unbranched alkanes of at least 4 members (excludes halogenated alkanes) is 1. The summed E-state index contributed by atoms with van der Waals surface area (Å²) in [4.78, 5) is 36.1. The van der Waals surface area contributed by atoms with Crippen molar-refractivity contribution >= 4 is 34.7 Å². The highest BCUT2D eigenvalue weighted by atomic mass is 19.1. The molecule has 3 heterocycles. The monoisotopic (exact) mass is 439 g/mol. The third-order valence-electron chi connectivity index (χ3n) is 4.90. The summed E-state index contributed by atoms with van der Waals surface area (Å²) in [6.45, 7) is 3.21. The lowest BCUT2D eigenvalue weighted by molar-refractivity contribution is -0.347. The summed E-state index contributed by atoms with van der Waals surface area (Å²) in [5, 5.41) is 33.4. The summed E-state index contributed by atoms with van der Waals surface area (Å²) in [6.07, 6.45) is -2.44. The molecular weight excluding hydrogens is 417 g/mol. The van der Waals surface area contributed by atoms with Gasteiger partial charge in [0, 0.05) is 6.07 Å². The van der Waals surface area contributed by atoms with E-state index < -0.39 is 41.5 Å². The van der Waals surface area contributed by atoms with Crippen molar-refractivity contribution in [3.05, 3.63) is 18.1 Å². The molecule has 2 aromatic rings. The molecule has 0 aliphatic carbocycles. The average Bonchev–Trinajstić information content (AvgIpc) is 2.76. The fourth-order valence-corrected chi connectivity index (χ4v) is 3.09. The van der Waals surface area contributed by atoms with Gasteiger partial charge in [0.1, 0.15) is 16.9 Å². The highest BCUT2D eigenvalue weighted by molar-refractivity contribution is 5.88. The van der Waals surface area contributed by atoms with Gasteiger partial charge >= 0.3 is 17.9 Å². The van der Waals surface area contributed by atoms with Crippen LogP contribution in [-0.2, 0) is 19.1 Å². The Bertz CT molecular complexity index is 995. The number of nitrogens with one attached hydrogen (secondary N) is 1. The van der Waals surface area contributed by atoms with Crippen LogP contribution in [0.2, 0.25) is 0 Å². The number of rotatable bonds is 6. The Labute approximate surface area is 175 Å². The second-order valence-electron chi connectivity index (χ2n) is 7.33. The van der Waals surface area contributed by atoms with Gasteiger partial charge in [-0.2, -0.15) is 4.98 Å². The Morgan fingerprint density at radius 2 is 1.87 bits per heavy atom. The highest BCUT2D eigenvalue weighted by Gasteiger charge is 2.59. The van der Waals surface area contributed by atoms with E-state index in [1.807, 2.05) is 6.92 Å². The summed E-state index contributed by atoms with van der Waals surface area (Å²) in [6, 6.07) is 1.07. The van der Waals surface area contributed by atoms with Crippen molar-refractivity contribution in [2.24, 2.45) is 0 Å². The maximum atomic E-state index is 13.6. The van der Waals surface area contributed by atoms with E-state index >= 15 is 0 Å². The minimum absolute atomic E-state index is 0.0549. The van der Waals surface area contributed by atoms with Crippen LogP contribution in [0.1, 0.15) is 33.1 Å². The first-order valence-electron chi connectivity index (χ1n) is 9.41. The number of esters is 2. The Hall–Kier alpha value is -3.16. The number of aliphatic hydroxyl groups excluding tert-OH is 2. The lowest BCUT2D eigenvalue weighted by atomic mass is 9.91. The number of aliphatic hydroxyl groups is 3. The number of nitrogens with zero attached hydrogens (tertiary/aromatic N) is 3. The van der Waals surface area contributed by atoms with Crippen LogP contribution in [0, 0.1) is 5.82 Å². The Morgan fingerprint density at radius 1 is 1.26 bits per heavy atom. The summed E-state index contributed by atoms with van der Waals surface area (Å²) in [5.74, 6) is -6.88. The molecule has 1 aliphatic heterocycles. The van der Waals surface area contributed by atoms with E-state index in [0.717, 1.165) is 12.3 Å². The number of hydrogen-bond acceptors (Lipinski definition) is 12. The third-order valence-corrected chi connectivity index (χ3v) is 4.90. The van der Waals surface area contributed by atoms with Gasteiger partial charge in [-0.05, 0) is 13.3 Å². The van der Waals surface area contributed by atoms with Crippen molar-refractivity contribution in [1.82, 2.24) is 15.0 Å². The minimum atomic E-state index is -2.96. The molecule has 1 fully saturated rings. The number of carbonyl (C=O) groups excluding carboxylic acids is 2. The van der Waals surface area contributed by atoms with Crippen molar-refractivity contribution in [3.8, 4) is 0 Å². The highest BCUT2D eigenvalue weighted by Crippen LogP contribution is 2.37. The maximum absolute atomic E-state index is 13.6. The zero-order valence-corrected chi connectivity index (χ0v) is 16.7. The molecule has 2 unspecified atom stereocenters. The standard InChI is InChI=1S/C18H22FN5O7/c1-3-4-5-17(2,18(29)30-14(27)11(25)12(26)15(28)31-18)24-13-10-9(22-16(20)23-13)6-8(19)7-21-10/h6-7,11-12,25-26,29H,3-5H2,1-2H3,(H3,20,22,23,24)/t11?,12?,17-,18?/m1/s1. The minimum Gasteiger partial charge on any atom is -0.394 e. The topological polar surface area (TPSA) is 190 Å². The van der Waals surface area contributed by atoms with Gasteiger partial charge in [0.15, 0.2) is 18.0 Å². The molecule has 12 nitrogen and oxygen atoms in total. The third kappa shape index (κ3) is 4.19. The zero-order valence-electron chi connectivity index (χ0n) is 16.7. The molecule has 0 spiro atoms. The van der Waals surface area contributed by atoms with Gasteiger partial charge in [-0.1, -0.05) is 19.8 Å². The van der Waals surface area contributed by atoms with E-state index in [9.17, 15) is 29.3 Å². The number of carbonyl (C=O) groups is 2. The van der Waals surface area contributed by atoms with Crippen LogP contribution >= 0.6 is 0 Å². The molecule has 2 aromatic heterocycles. The van der Waals surface area contributed by atoms with Gasteiger partial charge in [0.05, 0.1) is 11.7 Å². The number of nitrogen functional groups attached to an aromatic ring is 1. The van der Waals surface area contributed by atoms with E-state index in [4.69, 9.17) is 15.2 Å². The van der Waals surface area contributed by atoms with Gasteiger partial charge < -0.3 is 35.8 Å². The quantitative estimate of drug-likeness (QED) is 0.366. The molecule has 0 aromatic carbocycles.